The third-order valence-electron chi connectivity index (χ3n) is 3.68. The third-order valence-corrected chi connectivity index (χ3v) is 3.68. The van der Waals surface area contributed by atoms with E-state index in [1.54, 1.807) is 0 Å². The van der Waals surface area contributed by atoms with Crippen molar-refractivity contribution in [2.24, 2.45) is 0 Å². The van der Waals surface area contributed by atoms with Crippen LogP contribution in [0.1, 0.15) is 70.6 Å². The molecule has 5 nitrogen and oxygen atoms in total. The third kappa shape index (κ3) is 14.1. The topological polar surface area (TPSA) is 87.0 Å². The maximum atomic E-state index is 9.92. The summed E-state index contributed by atoms with van der Waals surface area (Å²) in [6, 6.07) is 0. The molecule has 0 amide bonds. The van der Waals surface area contributed by atoms with Crippen molar-refractivity contribution in [2.45, 2.75) is 82.8 Å². The van der Waals surface area contributed by atoms with Gasteiger partial charge in [-0.25, -0.2) is 0 Å². The Morgan fingerprint density at radius 2 is 1.24 bits per heavy atom. The lowest BCUT2D eigenvalue weighted by Gasteiger charge is -2.17. The van der Waals surface area contributed by atoms with Gasteiger partial charge in [-0.05, 0) is 25.7 Å². The van der Waals surface area contributed by atoms with E-state index in [9.17, 15) is 15.0 Å². The Labute approximate surface area is 128 Å². The summed E-state index contributed by atoms with van der Waals surface area (Å²) >= 11 is 0. The summed E-state index contributed by atoms with van der Waals surface area (Å²) in [5, 5.41) is 28.3. The summed E-state index contributed by atoms with van der Waals surface area (Å²) in [5.74, 6) is 0. The van der Waals surface area contributed by atoms with Gasteiger partial charge in [0.1, 0.15) is 0 Å². The highest BCUT2D eigenvalue weighted by Gasteiger charge is 2.14. The Morgan fingerprint density at radius 1 is 0.762 bits per heavy atom. The zero-order valence-corrected chi connectivity index (χ0v) is 13.1. The first-order chi connectivity index (χ1) is 10.2. The number of hydrogen-bond donors (Lipinski definition) is 3. The zero-order valence-electron chi connectivity index (χ0n) is 13.1. The van der Waals surface area contributed by atoms with E-state index >= 15 is 0 Å². The summed E-state index contributed by atoms with van der Waals surface area (Å²) in [7, 11) is 0. The molecule has 0 rings (SSSR count). The van der Waals surface area contributed by atoms with Crippen LogP contribution in [-0.4, -0.2) is 47.2 Å². The van der Waals surface area contributed by atoms with Crippen LogP contribution in [0.25, 0.3) is 0 Å². The van der Waals surface area contributed by atoms with Gasteiger partial charge in [-0.15, -0.1) is 0 Å². The van der Waals surface area contributed by atoms with Crippen molar-refractivity contribution in [1.82, 2.24) is 0 Å². The maximum Gasteiger partial charge on any atom is 0.293 e. The van der Waals surface area contributed by atoms with E-state index in [0.29, 0.717) is 25.9 Å². The predicted octanol–water partition coefficient (Wildman–Crippen LogP) is 2.16. The predicted molar refractivity (Wildman–Crippen MR) is 81.9 cm³/mol. The molecular formula is C16H32O5. The fraction of sp³-hybridized carbons (Fsp3) is 0.938. The second-order valence-electron chi connectivity index (χ2n) is 5.58. The van der Waals surface area contributed by atoms with E-state index in [-0.39, 0.29) is 6.61 Å². The molecule has 0 saturated carbocycles. The molecule has 0 saturated heterocycles. The molecule has 0 aliphatic rings. The number of carbonyl (C=O) groups excluding carboxylic acids is 1. The van der Waals surface area contributed by atoms with Gasteiger partial charge in [-0.3, -0.25) is 4.79 Å². The number of rotatable bonds is 16. The molecule has 0 heterocycles. The number of carbonyl (C=O) groups is 1. The Balaban J connectivity index is 3.34. The van der Waals surface area contributed by atoms with Crippen LogP contribution in [0.3, 0.4) is 0 Å². The number of aliphatic hydroxyl groups is 3. The van der Waals surface area contributed by atoms with Gasteiger partial charge in [0.15, 0.2) is 0 Å². The van der Waals surface area contributed by atoms with Gasteiger partial charge in [-0.1, -0.05) is 44.9 Å². The minimum Gasteiger partial charge on any atom is -0.468 e. The lowest BCUT2D eigenvalue weighted by Crippen LogP contribution is -2.25. The number of unbranched alkanes of at least 4 members (excludes halogenated alkanes) is 7. The Hall–Kier alpha value is -0.650. The highest BCUT2D eigenvalue weighted by atomic mass is 16.5. The number of aliphatic hydroxyl groups excluding tert-OH is 3. The summed E-state index contributed by atoms with van der Waals surface area (Å²) in [6.45, 7) is 1.19. The van der Waals surface area contributed by atoms with Crippen LogP contribution in [0.15, 0.2) is 0 Å². The Morgan fingerprint density at radius 3 is 1.76 bits per heavy atom. The van der Waals surface area contributed by atoms with Crippen molar-refractivity contribution in [3.8, 4) is 0 Å². The second kappa shape index (κ2) is 15.7. The largest absolute Gasteiger partial charge is 0.468 e. The molecule has 0 aromatic rings. The lowest BCUT2D eigenvalue weighted by atomic mass is 10.00. The molecule has 0 aliphatic heterocycles. The molecule has 0 aromatic carbocycles. The van der Waals surface area contributed by atoms with E-state index in [2.05, 4.69) is 4.74 Å². The minimum atomic E-state index is -0.625. The monoisotopic (exact) mass is 304 g/mol. The van der Waals surface area contributed by atoms with E-state index in [4.69, 9.17) is 5.11 Å². The van der Waals surface area contributed by atoms with E-state index in [0.717, 1.165) is 57.8 Å². The molecular weight excluding hydrogens is 272 g/mol. The van der Waals surface area contributed by atoms with Crippen molar-refractivity contribution in [2.75, 3.05) is 13.2 Å². The fourth-order valence-corrected chi connectivity index (χ4v) is 2.32. The van der Waals surface area contributed by atoms with Gasteiger partial charge in [0.25, 0.3) is 6.47 Å². The average Bonchev–Trinajstić information content (AvgIpc) is 2.49. The zero-order chi connectivity index (χ0) is 15.8. The van der Waals surface area contributed by atoms with Crippen LogP contribution in [0.4, 0.5) is 0 Å². The normalized spacial score (nSPS) is 13.9. The molecule has 3 N–H and O–H groups in total. The van der Waals surface area contributed by atoms with Gasteiger partial charge in [-0.2, -0.15) is 0 Å². The number of ether oxygens (including phenoxy) is 1. The van der Waals surface area contributed by atoms with Crippen LogP contribution in [0, 0.1) is 0 Å². The molecule has 0 spiro atoms. The Bertz CT molecular complexity index is 223. The highest BCUT2D eigenvalue weighted by molar-refractivity contribution is 5.36. The summed E-state index contributed by atoms with van der Waals surface area (Å²) in [6.07, 6.45) is 8.63. The van der Waals surface area contributed by atoms with Gasteiger partial charge in [0.05, 0.1) is 18.8 Å². The first kappa shape index (κ1) is 20.3. The van der Waals surface area contributed by atoms with Crippen LogP contribution in [0.2, 0.25) is 0 Å². The number of hydrogen-bond acceptors (Lipinski definition) is 5. The standard InChI is InChI=1S/C16H32O5/c17-12-8-4-3-7-11-16(20)15(19)10-6-2-1-5-9-13-21-14-18/h14-17,19-20H,1-13H2. The van der Waals surface area contributed by atoms with Crippen LogP contribution in [-0.2, 0) is 9.53 Å². The summed E-state index contributed by atoms with van der Waals surface area (Å²) in [5.41, 5.74) is 0. The van der Waals surface area contributed by atoms with E-state index in [1.807, 2.05) is 0 Å². The molecule has 0 fully saturated rings. The van der Waals surface area contributed by atoms with E-state index in [1.165, 1.54) is 0 Å². The van der Waals surface area contributed by atoms with Gasteiger partial charge in [0.2, 0.25) is 0 Å². The van der Waals surface area contributed by atoms with Gasteiger partial charge in [0, 0.05) is 6.61 Å². The van der Waals surface area contributed by atoms with Crippen LogP contribution in [0.5, 0.6) is 0 Å². The molecule has 0 radical (unpaired) electrons. The van der Waals surface area contributed by atoms with Crippen molar-refractivity contribution in [1.29, 1.82) is 0 Å². The van der Waals surface area contributed by atoms with Crippen LogP contribution < -0.4 is 0 Å². The van der Waals surface area contributed by atoms with Crippen molar-refractivity contribution < 1.29 is 24.9 Å². The average molecular weight is 304 g/mol. The molecule has 126 valence electrons. The Kier molecular flexibility index (Phi) is 15.2. The fourth-order valence-electron chi connectivity index (χ4n) is 2.32. The first-order valence-corrected chi connectivity index (χ1v) is 8.24. The van der Waals surface area contributed by atoms with Gasteiger partial charge < -0.3 is 20.1 Å². The van der Waals surface area contributed by atoms with Crippen molar-refractivity contribution in [3.63, 3.8) is 0 Å². The minimum absolute atomic E-state index is 0.229. The highest BCUT2D eigenvalue weighted by Crippen LogP contribution is 2.14. The maximum absolute atomic E-state index is 9.92. The molecule has 5 heteroatoms. The molecule has 2 atom stereocenters. The lowest BCUT2D eigenvalue weighted by molar-refractivity contribution is -0.128. The van der Waals surface area contributed by atoms with Gasteiger partial charge >= 0.3 is 0 Å². The summed E-state index contributed by atoms with van der Waals surface area (Å²) in [4.78, 5) is 9.92. The molecule has 21 heavy (non-hydrogen) atoms. The second-order valence-corrected chi connectivity index (χ2v) is 5.58. The van der Waals surface area contributed by atoms with Crippen molar-refractivity contribution in [3.05, 3.63) is 0 Å². The molecule has 0 aromatic heterocycles. The smallest absolute Gasteiger partial charge is 0.293 e. The van der Waals surface area contributed by atoms with Crippen LogP contribution >= 0.6 is 0 Å². The molecule has 0 aliphatic carbocycles. The SMILES string of the molecule is O=COCCCCCCCC(O)C(O)CCCCCCO. The first-order valence-electron chi connectivity index (χ1n) is 8.24. The summed E-state index contributed by atoms with van der Waals surface area (Å²) < 4.78 is 4.60. The molecule has 2 unspecified atom stereocenters. The molecule has 0 bridgehead atoms. The quantitative estimate of drug-likeness (QED) is 0.300. The van der Waals surface area contributed by atoms with Crippen molar-refractivity contribution >= 4 is 6.47 Å². The van der Waals surface area contributed by atoms with E-state index < -0.39 is 12.2 Å².